The number of carbonyl (C=O) groups excluding carboxylic acids is 2. The van der Waals surface area contributed by atoms with Gasteiger partial charge in [0.2, 0.25) is 5.91 Å². The molecule has 0 bridgehead atoms. The lowest BCUT2D eigenvalue weighted by Gasteiger charge is -2.22. The first-order valence-corrected chi connectivity index (χ1v) is 8.58. The van der Waals surface area contributed by atoms with Crippen LogP contribution in [-0.2, 0) is 14.3 Å². The predicted octanol–water partition coefficient (Wildman–Crippen LogP) is 1.42. The van der Waals surface area contributed by atoms with E-state index >= 15 is 0 Å². The Hall–Kier alpha value is -1.56. The number of amides is 2. The Morgan fingerprint density at radius 2 is 1.83 bits per heavy atom. The zero-order valence-electron chi connectivity index (χ0n) is 14.9. The van der Waals surface area contributed by atoms with E-state index in [-0.39, 0.29) is 18.4 Å². The molecular weight excluding hydrogens is 294 g/mol. The van der Waals surface area contributed by atoms with Gasteiger partial charge in [0, 0.05) is 38.0 Å². The van der Waals surface area contributed by atoms with Crippen molar-refractivity contribution in [3.8, 4) is 0 Å². The maximum absolute atomic E-state index is 12.4. The highest BCUT2D eigenvalue weighted by Gasteiger charge is 2.27. The fraction of sp³-hybridized carbons (Fsp3) is 0.765. The summed E-state index contributed by atoms with van der Waals surface area (Å²) in [6.07, 6.45) is 3.12. The predicted molar refractivity (Wildman–Crippen MR) is 90.9 cm³/mol. The van der Waals surface area contributed by atoms with Crippen LogP contribution in [0.1, 0.15) is 46.5 Å². The van der Waals surface area contributed by atoms with Crippen molar-refractivity contribution < 1.29 is 14.3 Å². The minimum absolute atomic E-state index is 0.0341. The summed E-state index contributed by atoms with van der Waals surface area (Å²) < 4.78 is 5.28. The standard InChI is InChI=1S/C17H31N3O3/c1-5-9-18-13(3)14(6-2)16(21)19-12-15(23-4)17(22)20-10-7-8-11-20/h15,18H,5-12H2,1-4H3,(H,19,21)/b14-13+. The van der Waals surface area contributed by atoms with Gasteiger partial charge in [0.05, 0.1) is 6.54 Å². The first-order chi connectivity index (χ1) is 11.0. The molecule has 1 unspecified atom stereocenters. The topological polar surface area (TPSA) is 70.7 Å². The van der Waals surface area contributed by atoms with Crippen molar-refractivity contribution in [2.45, 2.75) is 52.6 Å². The molecule has 23 heavy (non-hydrogen) atoms. The van der Waals surface area contributed by atoms with Crippen LogP contribution >= 0.6 is 0 Å². The number of rotatable bonds is 9. The third kappa shape index (κ3) is 5.86. The average molecular weight is 325 g/mol. The number of carbonyl (C=O) groups is 2. The third-order valence-corrected chi connectivity index (χ3v) is 4.15. The molecule has 2 N–H and O–H groups in total. The van der Waals surface area contributed by atoms with Crippen molar-refractivity contribution in [3.63, 3.8) is 0 Å². The number of hydrogen-bond donors (Lipinski definition) is 2. The monoisotopic (exact) mass is 325 g/mol. The van der Waals surface area contributed by atoms with Gasteiger partial charge < -0.3 is 20.3 Å². The number of nitrogens with zero attached hydrogens (tertiary/aromatic N) is 1. The second-order valence-electron chi connectivity index (χ2n) is 5.85. The van der Waals surface area contributed by atoms with E-state index < -0.39 is 6.10 Å². The van der Waals surface area contributed by atoms with Gasteiger partial charge in [-0.25, -0.2) is 0 Å². The maximum atomic E-state index is 12.4. The normalized spacial score (nSPS) is 16.8. The van der Waals surface area contributed by atoms with E-state index in [4.69, 9.17) is 4.74 Å². The zero-order valence-corrected chi connectivity index (χ0v) is 14.9. The summed E-state index contributed by atoms with van der Waals surface area (Å²) in [6, 6.07) is 0. The summed E-state index contributed by atoms with van der Waals surface area (Å²) in [5, 5.41) is 6.08. The molecule has 1 atom stereocenters. The fourth-order valence-electron chi connectivity index (χ4n) is 2.72. The molecule has 0 saturated carbocycles. The van der Waals surface area contributed by atoms with Gasteiger partial charge in [0.25, 0.3) is 5.91 Å². The van der Waals surface area contributed by atoms with Gasteiger partial charge >= 0.3 is 0 Å². The summed E-state index contributed by atoms with van der Waals surface area (Å²) in [6.45, 7) is 8.57. The maximum Gasteiger partial charge on any atom is 0.253 e. The van der Waals surface area contributed by atoms with Crippen molar-refractivity contribution in [1.82, 2.24) is 15.5 Å². The van der Waals surface area contributed by atoms with Crippen molar-refractivity contribution in [2.75, 3.05) is 33.3 Å². The second-order valence-corrected chi connectivity index (χ2v) is 5.85. The van der Waals surface area contributed by atoms with E-state index in [2.05, 4.69) is 17.6 Å². The molecule has 6 nitrogen and oxygen atoms in total. The van der Waals surface area contributed by atoms with Gasteiger partial charge in [-0.2, -0.15) is 0 Å². The molecule has 1 aliphatic rings. The molecule has 1 saturated heterocycles. The SMILES string of the molecule is CCCN/C(C)=C(\CC)C(=O)NCC(OC)C(=O)N1CCCC1. The smallest absolute Gasteiger partial charge is 0.253 e. The Morgan fingerprint density at radius 1 is 1.17 bits per heavy atom. The van der Waals surface area contributed by atoms with E-state index in [0.717, 1.165) is 50.2 Å². The molecule has 132 valence electrons. The summed E-state index contributed by atoms with van der Waals surface area (Å²) in [4.78, 5) is 26.5. The highest BCUT2D eigenvalue weighted by atomic mass is 16.5. The molecule has 1 heterocycles. The number of ether oxygens (including phenoxy) is 1. The van der Waals surface area contributed by atoms with E-state index in [9.17, 15) is 9.59 Å². The summed E-state index contributed by atoms with van der Waals surface area (Å²) in [7, 11) is 1.51. The van der Waals surface area contributed by atoms with Crippen LogP contribution in [0.3, 0.4) is 0 Å². The van der Waals surface area contributed by atoms with Gasteiger partial charge in [0.15, 0.2) is 6.10 Å². The summed E-state index contributed by atoms with van der Waals surface area (Å²) in [5.74, 6) is -0.168. The molecule has 6 heteroatoms. The lowest BCUT2D eigenvalue weighted by Crippen LogP contribution is -2.45. The fourth-order valence-corrected chi connectivity index (χ4v) is 2.72. The van der Waals surface area contributed by atoms with Gasteiger partial charge in [-0.3, -0.25) is 9.59 Å². The molecule has 0 radical (unpaired) electrons. The minimum atomic E-state index is -0.612. The molecule has 2 amide bonds. The van der Waals surface area contributed by atoms with Crippen LogP contribution in [0.5, 0.6) is 0 Å². The number of nitrogens with one attached hydrogen (secondary N) is 2. The van der Waals surface area contributed by atoms with Crippen LogP contribution in [0.2, 0.25) is 0 Å². The van der Waals surface area contributed by atoms with E-state index in [1.807, 2.05) is 18.7 Å². The van der Waals surface area contributed by atoms with Crippen molar-refractivity contribution in [2.24, 2.45) is 0 Å². The Morgan fingerprint density at radius 3 is 2.35 bits per heavy atom. The quantitative estimate of drug-likeness (QED) is 0.629. The van der Waals surface area contributed by atoms with E-state index in [1.165, 1.54) is 7.11 Å². The van der Waals surface area contributed by atoms with E-state index in [1.54, 1.807) is 0 Å². The Balaban J connectivity index is 2.58. The van der Waals surface area contributed by atoms with Gasteiger partial charge in [-0.1, -0.05) is 13.8 Å². The average Bonchev–Trinajstić information content (AvgIpc) is 3.08. The van der Waals surface area contributed by atoms with Crippen LogP contribution in [0.15, 0.2) is 11.3 Å². The lowest BCUT2D eigenvalue weighted by molar-refractivity contribution is -0.140. The zero-order chi connectivity index (χ0) is 17.2. The van der Waals surface area contributed by atoms with Gasteiger partial charge in [-0.15, -0.1) is 0 Å². The summed E-state index contributed by atoms with van der Waals surface area (Å²) in [5.41, 5.74) is 1.62. The van der Waals surface area contributed by atoms with Crippen LogP contribution in [0, 0.1) is 0 Å². The van der Waals surface area contributed by atoms with Crippen molar-refractivity contribution in [1.29, 1.82) is 0 Å². The Bertz CT molecular complexity index is 429. The molecule has 0 aromatic rings. The molecule has 1 rings (SSSR count). The largest absolute Gasteiger partial charge is 0.388 e. The van der Waals surface area contributed by atoms with Crippen LogP contribution in [-0.4, -0.2) is 56.1 Å². The Labute approximate surface area is 139 Å². The van der Waals surface area contributed by atoms with Crippen LogP contribution in [0.4, 0.5) is 0 Å². The number of methoxy groups -OCH3 is 1. The van der Waals surface area contributed by atoms with Gasteiger partial charge in [0.1, 0.15) is 0 Å². The highest BCUT2D eigenvalue weighted by Crippen LogP contribution is 2.11. The molecule has 0 aromatic carbocycles. The number of likely N-dealkylation sites (tertiary alicyclic amines) is 1. The first kappa shape index (κ1) is 19.5. The number of allylic oxidation sites excluding steroid dienone is 1. The minimum Gasteiger partial charge on any atom is -0.388 e. The molecule has 1 fully saturated rings. The molecule has 0 aliphatic carbocycles. The molecule has 1 aliphatic heterocycles. The van der Waals surface area contributed by atoms with Gasteiger partial charge in [-0.05, 0) is 32.6 Å². The lowest BCUT2D eigenvalue weighted by atomic mass is 10.1. The first-order valence-electron chi connectivity index (χ1n) is 8.58. The Kier molecular flexibility index (Phi) is 8.69. The van der Waals surface area contributed by atoms with Crippen LogP contribution in [0.25, 0.3) is 0 Å². The van der Waals surface area contributed by atoms with Crippen molar-refractivity contribution >= 4 is 11.8 Å². The van der Waals surface area contributed by atoms with Crippen molar-refractivity contribution in [3.05, 3.63) is 11.3 Å². The third-order valence-electron chi connectivity index (χ3n) is 4.15. The summed E-state index contributed by atoms with van der Waals surface area (Å²) >= 11 is 0. The highest BCUT2D eigenvalue weighted by molar-refractivity contribution is 5.94. The van der Waals surface area contributed by atoms with E-state index in [0.29, 0.717) is 6.42 Å². The second kappa shape index (κ2) is 10.3. The molecule has 0 spiro atoms. The number of hydrogen-bond acceptors (Lipinski definition) is 4. The molecule has 0 aromatic heterocycles. The van der Waals surface area contributed by atoms with Crippen LogP contribution < -0.4 is 10.6 Å². The molecular formula is C17H31N3O3.